The van der Waals surface area contributed by atoms with Crippen LogP contribution in [-0.4, -0.2) is 244 Å². The molecule has 6 aliphatic heterocycles. The summed E-state index contributed by atoms with van der Waals surface area (Å²) in [6.07, 6.45) is -14.3. The molecule has 0 spiro atoms. The number of hydrogen-bond donors (Lipinski definition) is 0. The van der Waals surface area contributed by atoms with E-state index in [0.29, 0.717) is 19.3 Å². The van der Waals surface area contributed by atoms with Crippen molar-refractivity contribution in [3.63, 3.8) is 0 Å². The highest BCUT2D eigenvalue weighted by Gasteiger charge is 2.43. The van der Waals surface area contributed by atoms with Gasteiger partial charge in [-0.3, -0.25) is 0 Å². The lowest BCUT2D eigenvalue weighted by Gasteiger charge is -2.16. The Bertz CT molecular complexity index is 1700. The van der Waals surface area contributed by atoms with Gasteiger partial charge in [0.25, 0.3) is 6.08 Å². The molecule has 0 aromatic heterocycles. The van der Waals surface area contributed by atoms with Gasteiger partial charge in [-0.1, -0.05) is 0 Å². The van der Waals surface area contributed by atoms with Crippen molar-refractivity contribution in [1.82, 2.24) is 0 Å². The van der Waals surface area contributed by atoms with Crippen LogP contribution in [0.25, 0.3) is 0 Å². The second-order valence-corrected chi connectivity index (χ2v) is 15.0. The first kappa shape index (κ1) is 71.3. The van der Waals surface area contributed by atoms with Gasteiger partial charge in [-0.2, -0.15) is 30.7 Å². The fraction of sp³-hybridized carbons (Fsp3) is 0.810. The van der Waals surface area contributed by atoms with E-state index < -0.39 is 112 Å². The first-order valence-electron chi connectivity index (χ1n) is 22.6. The SMILES string of the molecule is CC(C)OCCOC(=O)C1COCO1.COCCOC(=O)C1COCO1.O=C(OCC(F)(F)C(F)F)C1COCO1.O=C(OCC(F)(F)F)C1COCO1.O=C(OCC=C(F)F)C1COCO1.O=C(OCCF)C1COCO1. The maximum absolute atomic E-state index is 12.3. The van der Waals surface area contributed by atoms with Crippen molar-refractivity contribution in [3.8, 4) is 0 Å². The molecule has 0 aliphatic carbocycles. The number of carbonyl (C=O) groups excluding carboxylic acids is 6. The fourth-order valence-corrected chi connectivity index (χ4v) is 4.74. The Labute approximate surface area is 437 Å². The van der Waals surface area contributed by atoms with Gasteiger partial charge in [0.2, 0.25) is 0 Å². The van der Waals surface area contributed by atoms with E-state index in [4.69, 9.17) is 56.8 Å². The van der Waals surface area contributed by atoms with Crippen LogP contribution in [0.3, 0.4) is 0 Å². The van der Waals surface area contributed by atoms with Crippen molar-refractivity contribution >= 4 is 35.8 Å². The quantitative estimate of drug-likeness (QED) is 0.0684. The standard InChI is InChI=1S/C9H16O5.C7H8F4O4.C7H8F2O4.C7H12O5.C6H7F3O4.C6H9FO4/c1-7(2)12-3-4-13-9(10)8-5-11-6-14-8;8-6(9)7(10,11)2-14-5(12)4-1-13-3-15-4;8-6(9)1-2-12-7(10)5-3-11-4-13-5;1-9-2-3-11-7(8)6-4-10-5-12-6;7-6(8,9)2-12-5(10)4-1-11-3-13-4;7-1-2-10-6(8)5-3-9-4-11-5/h7-8H,3-6H2,1-2H3;4,6H,1-3H2;1,5H,2-4H2;6H,2-5H2,1H3;4H,1-3H2;5H,1-4H2. The van der Waals surface area contributed by atoms with Crippen LogP contribution in [0.4, 0.5) is 43.9 Å². The lowest BCUT2D eigenvalue weighted by atomic mass is 10.3. The summed E-state index contributed by atoms with van der Waals surface area (Å²) < 4.78 is 210. The maximum atomic E-state index is 12.3. The third-order valence-corrected chi connectivity index (χ3v) is 8.51. The summed E-state index contributed by atoms with van der Waals surface area (Å²) in [5.74, 6) is -8.52. The van der Waals surface area contributed by atoms with E-state index in [-0.39, 0.29) is 118 Å². The van der Waals surface area contributed by atoms with Crippen LogP contribution in [0.5, 0.6) is 0 Å². The van der Waals surface area contributed by atoms with Gasteiger partial charge >= 0.3 is 54.3 Å². The van der Waals surface area contributed by atoms with Crippen LogP contribution in [-0.2, 0) is 124 Å². The zero-order chi connectivity index (χ0) is 58.4. The van der Waals surface area contributed by atoms with Crippen molar-refractivity contribution in [2.75, 3.05) is 147 Å². The summed E-state index contributed by atoms with van der Waals surface area (Å²) in [7, 11) is 1.54. The Morgan fingerprint density at radius 2 is 0.808 bits per heavy atom. The van der Waals surface area contributed by atoms with E-state index in [1.807, 2.05) is 13.8 Å². The molecule has 6 unspecified atom stereocenters. The smallest absolute Gasteiger partial charge is 0.422 e. The summed E-state index contributed by atoms with van der Waals surface area (Å²) in [5.41, 5.74) is 0. The molecule has 0 amide bonds. The number of alkyl halides is 8. The predicted octanol–water partition coefficient (Wildman–Crippen LogP) is 1.70. The molecule has 6 fully saturated rings. The Kier molecular flexibility index (Phi) is 37.8. The van der Waals surface area contributed by atoms with E-state index in [9.17, 15) is 72.7 Å². The fourth-order valence-electron chi connectivity index (χ4n) is 4.74. The molecule has 6 saturated heterocycles. The van der Waals surface area contributed by atoms with Gasteiger partial charge in [-0.05, 0) is 13.8 Å². The molecule has 36 heteroatoms. The number of halogens is 10. The zero-order valence-corrected chi connectivity index (χ0v) is 41.9. The highest BCUT2D eigenvalue weighted by Crippen LogP contribution is 2.23. The van der Waals surface area contributed by atoms with E-state index in [2.05, 4.69) is 37.9 Å². The monoisotopic (exact) mass is 1170 g/mol. The second kappa shape index (κ2) is 41.3. The van der Waals surface area contributed by atoms with E-state index in [1.54, 1.807) is 7.11 Å². The number of esters is 6. The molecule has 6 rings (SSSR count). The normalized spacial score (nSPS) is 22.3. The van der Waals surface area contributed by atoms with Crippen LogP contribution in [0.2, 0.25) is 0 Å². The summed E-state index contributed by atoms with van der Waals surface area (Å²) in [5, 5.41) is 0. The van der Waals surface area contributed by atoms with Gasteiger partial charge < -0.3 is 94.7 Å². The van der Waals surface area contributed by atoms with Crippen LogP contribution < -0.4 is 0 Å². The predicted molar refractivity (Wildman–Crippen MR) is 226 cm³/mol. The Morgan fingerprint density at radius 1 is 0.487 bits per heavy atom. The number of rotatable bonds is 21. The maximum Gasteiger partial charge on any atom is 0.422 e. The minimum Gasteiger partial charge on any atom is -0.461 e. The minimum absolute atomic E-state index is 0.0348. The van der Waals surface area contributed by atoms with Crippen LogP contribution in [0.1, 0.15) is 13.8 Å². The van der Waals surface area contributed by atoms with Crippen molar-refractivity contribution in [2.45, 2.75) is 75.1 Å². The molecular formula is C42H60F10O26. The number of ether oxygens (including phenoxy) is 20. The third-order valence-electron chi connectivity index (χ3n) is 8.51. The molecule has 6 atom stereocenters. The number of methoxy groups -OCH3 is 1. The molecule has 0 N–H and O–H groups in total. The Hall–Kier alpha value is -4.70. The summed E-state index contributed by atoms with van der Waals surface area (Å²) in [6, 6.07) is 0. The third kappa shape index (κ3) is 34.3. The molecule has 26 nitrogen and oxygen atoms in total. The van der Waals surface area contributed by atoms with E-state index in [1.165, 1.54) is 0 Å². The molecule has 454 valence electrons. The lowest BCUT2D eigenvalue weighted by Crippen LogP contribution is -2.36. The average molecular weight is 1170 g/mol. The first-order valence-corrected chi connectivity index (χ1v) is 22.6. The molecule has 0 aromatic carbocycles. The van der Waals surface area contributed by atoms with Crippen molar-refractivity contribution < 1.29 is 167 Å². The van der Waals surface area contributed by atoms with E-state index in [0.717, 1.165) is 0 Å². The van der Waals surface area contributed by atoms with E-state index >= 15 is 0 Å². The number of carbonyl (C=O) groups is 6. The minimum atomic E-state index is -4.50. The van der Waals surface area contributed by atoms with Gasteiger partial charge in [0.05, 0.1) is 59.0 Å². The largest absolute Gasteiger partial charge is 0.461 e. The van der Waals surface area contributed by atoms with Crippen LogP contribution in [0, 0.1) is 0 Å². The summed E-state index contributed by atoms with van der Waals surface area (Å²) in [4.78, 5) is 65.7. The summed E-state index contributed by atoms with van der Waals surface area (Å²) >= 11 is 0. The van der Waals surface area contributed by atoms with Gasteiger partial charge in [0, 0.05) is 13.2 Å². The van der Waals surface area contributed by atoms with Crippen LogP contribution >= 0.6 is 0 Å². The highest BCUT2D eigenvalue weighted by atomic mass is 19.4. The van der Waals surface area contributed by atoms with Gasteiger partial charge in [0.15, 0.2) is 49.8 Å². The number of hydrogen-bond acceptors (Lipinski definition) is 26. The summed E-state index contributed by atoms with van der Waals surface area (Å²) in [6.45, 7) is 1.55. The van der Waals surface area contributed by atoms with Gasteiger partial charge in [-0.15, -0.1) is 0 Å². The lowest BCUT2D eigenvalue weighted by molar-refractivity contribution is -0.191. The van der Waals surface area contributed by atoms with Crippen molar-refractivity contribution in [2.24, 2.45) is 0 Å². The van der Waals surface area contributed by atoms with Crippen molar-refractivity contribution in [1.29, 1.82) is 0 Å². The average Bonchev–Trinajstić information content (AvgIpc) is 4.26. The van der Waals surface area contributed by atoms with Gasteiger partial charge in [0.1, 0.15) is 73.9 Å². The molecule has 0 radical (unpaired) electrons. The Balaban J connectivity index is 0.000000469. The van der Waals surface area contributed by atoms with Crippen molar-refractivity contribution in [3.05, 3.63) is 12.2 Å². The molecule has 0 bridgehead atoms. The molecule has 0 aromatic rings. The molecule has 6 heterocycles. The molecule has 6 aliphatic rings. The second-order valence-electron chi connectivity index (χ2n) is 15.0. The molecule has 78 heavy (non-hydrogen) atoms. The van der Waals surface area contributed by atoms with Crippen LogP contribution in [0.15, 0.2) is 12.2 Å². The van der Waals surface area contributed by atoms with Gasteiger partial charge in [-0.25, -0.2) is 41.9 Å². The highest BCUT2D eigenvalue weighted by molar-refractivity contribution is 5.77. The molecular weight excluding hydrogens is 1110 g/mol. The first-order chi connectivity index (χ1) is 37.0. The molecule has 0 saturated carbocycles. The Morgan fingerprint density at radius 3 is 1.09 bits per heavy atom. The zero-order valence-electron chi connectivity index (χ0n) is 41.9. The topological polar surface area (TPSA) is 287 Å².